The molecule has 1 atom stereocenters. The van der Waals surface area contributed by atoms with Crippen molar-refractivity contribution >= 4 is 27.5 Å². The Kier molecular flexibility index (Phi) is 10.6. The van der Waals surface area contributed by atoms with Crippen LogP contribution in [-0.2, 0) is 26.2 Å². The number of carbonyl (C=O) groups is 2. The van der Waals surface area contributed by atoms with E-state index in [1.807, 2.05) is 13.0 Å². The van der Waals surface area contributed by atoms with Crippen LogP contribution in [0.5, 0.6) is 17.2 Å². The predicted molar refractivity (Wildman–Crippen MR) is 157 cm³/mol. The number of likely N-dealkylation sites (N-methyl/N-ethyl adjacent to an activating group) is 1. The van der Waals surface area contributed by atoms with Gasteiger partial charge in [0.15, 0.2) is 11.5 Å². The van der Waals surface area contributed by atoms with E-state index < -0.39 is 28.5 Å². The molecule has 0 heterocycles. The Bertz CT molecular complexity index is 1460. The molecule has 0 aliphatic carbocycles. The number of nitrogens with zero attached hydrogens (tertiary/aromatic N) is 2. The maximum atomic E-state index is 14.0. The summed E-state index contributed by atoms with van der Waals surface area (Å²) in [5, 5.41) is 2.74. The number of benzene rings is 3. The first-order valence-corrected chi connectivity index (χ1v) is 14.5. The van der Waals surface area contributed by atoms with Gasteiger partial charge < -0.3 is 24.4 Å². The SMILES string of the molecule is CCNC(=O)[C@@H](C)N(Cc1cccc(OC)c1)C(=O)CN(c1ccc(OC)c(OC)c1)S(=O)(=O)c1ccc(C)cc1. The smallest absolute Gasteiger partial charge is 0.264 e. The van der Waals surface area contributed by atoms with Gasteiger partial charge in [0.1, 0.15) is 18.3 Å². The molecule has 3 aromatic rings. The number of anilines is 1. The Morgan fingerprint density at radius 2 is 1.59 bits per heavy atom. The third-order valence-electron chi connectivity index (χ3n) is 6.55. The van der Waals surface area contributed by atoms with E-state index in [4.69, 9.17) is 14.2 Å². The van der Waals surface area contributed by atoms with Crippen LogP contribution in [0, 0.1) is 6.92 Å². The van der Waals surface area contributed by atoms with Gasteiger partial charge in [0, 0.05) is 19.2 Å². The number of methoxy groups -OCH3 is 3. The van der Waals surface area contributed by atoms with Crippen molar-refractivity contribution in [2.45, 2.75) is 38.3 Å². The van der Waals surface area contributed by atoms with Crippen molar-refractivity contribution < 1.29 is 32.2 Å². The fraction of sp³-hybridized carbons (Fsp3) is 0.333. The molecule has 0 unspecified atom stereocenters. The van der Waals surface area contributed by atoms with Gasteiger partial charge in [-0.25, -0.2) is 8.42 Å². The fourth-order valence-corrected chi connectivity index (χ4v) is 5.62. The molecule has 11 heteroatoms. The lowest BCUT2D eigenvalue weighted by Gasteiger charge is -2.32. The summed E-state index contributed by atoms with van der Waals surface area (Å²) in [4.78, 5) is 28.2. The molecule has 10 nitrogen and oxygen atoms in total. The Hall–Kier alpha value is -4.25. The predicted octanol–water partition coefficient (Wildman–Crippen LogP) is 3.77. The Labute approximate surface area is 241 Å². The van der Waals surface area contributed by atoms with Crippen LogP contribution >= 0.6 is 0 Å². The minimum absolute atomic E-state index is 0.0156. The topological polar surface area (TPSA) is 114 Å². The molecule has 0 aliphatic heterocycles. The first kappa shape index (κ1) is 31.3. The van der Waals surface area contributed by atoms with Gasteiger partial charge in [-0.2, -0.15) is 0 Å². The second-order valence-corrected chi connectivity index (χ2v) is 11.2. The highest BCUT2D eigenvalue weighted by molar-refractivity contribution is 7.92. The molecular formula is C30H37N3O7S. The van der Waals surface area contributed by atoms with Crippen LogP contribution in [0.25, 0.3) is 0 Å². The number of sulfonamides is 1. The van der Waals surface area contributed by atoms with Gasteiger partial charge in [-0.15, -0.1) is 0 Å². The Morgan fingerprint density at radius 3 is 2.20 bits per heavy atom. The van der Waals surface area contributed by atoms with Crippen molar-refractivity contribution in [1.82, 2.24) is 10.2 Å². The number of hydrogen-bond donors (Lipinski definition) is 1. The largest absolute Gasteiger partial charge is 0.497 e. The second kappa shape index (κ2) is 13.9. The van der Waals surface area contributed by atoms with Crippen LogP contribution in [0.1, 0.15) is 25.0 Å². The fourth-order valence-electron chi connectivity index (χ4n) is 4.22. The van der Waals surface area contributed by atoms with Crippen LogP contribution in [0.3, 0.4) is 0 Å². The van der Waals surface area contributed by atoms with Gasteiger partial charge >= 0.3 is 0 Å². The van der Waals surface area contributed by atoms with Crippen molar-refractivity contribution in [2.75, 3.05) is 38.7 Å². The zero-order valence-electron chi connectivity index (χ0n) is 24.2. The van der Waals surface area contributed by atoms with Crippen LogP contribution in [0.2, 0.25) is 0 Å². The minimum Gasteiger partial charge on any atom is -0.497 e. The normalized spacial score (nSPS) is 11.8. The van der Waals surface area contributed by atoms with Crippen LogP contribution in [0.15, 0.2) is 71.6 Å². The standard InChI is InChI=1S/C30H37N3O7S/c1-7-31-30(35)22(3)32(19-23-9-8-10-25(17-23)38-4)29(34)20-33(24-13-16-27(39-5)28(18-24)40-6)41(36,37)26-14-11-21(2)12-15-26/h8-18,22H,7,19-20H2,1-6H3,(H,31,35)/t22-/m1/s1. The summed E-state index contributed by atoms with van der Waals surface area (Å²) >= 11 is 0. The summed E-state index contributed by atoms with van der Waals surface area (Å²) in [6, 6.07) is 17.2. The molecule has 0 bridgehead atoms. The van der Waals surface area contributed by atoms with Gasteiger partial charge in [0.2, 0.25) is 11.8 Å². The summed E-state index contributed by atoms with van der Waals surface area (Å²) in [7, 11) is 0.236. The molecule has 0 fully saturated rings. The van der Waals surface area contributed by atoms with Gasteiger partial charge in [-0.3, -0.25) is 13.9 Å². The first-order valence-electron chi connectivity index (χ1n) is 13.1. The second-order valence-electron chi connectivity index (χ2n) is 9.31. The molecule has 41 heavy (non-hydrogen) atoms. The molecule has 3 aromatic carbocycles. The average Bonchev–Trinajstić information content (AvgIpc) is 2.98. The van der Waals surface area contributed by atoms with E-state index >= 15 is 0 Å². The summed E-state index contributed by atoms with van der Waals surface area (Å²) in [5.41, 5.74) is 1.80. The summed E-state index contributed by atoms with van der Waals surface area (Å²) < 4.78 is 45.0. The third kappa shape index (κ3) is 7.49. The number of hydrogen-bond acceptors (Lipinski definition) is 7. The highest BCUT2D eigenvalue weighted by Crippen LogP contribution is 2.34. The third-order valence-corrected chi connectivity index (χ3v) is 8.34. The average molecular weight is 584 g/mol. The lowest BCUT2D eigenvalue weighted by atomic mass is 10.1. The number of amides is 2. The molecule has 0 saturated carbocycles. The van der Waals surface area contributed by atoms with Crippen molar-refractivity contribution in [3.8, 4) is 17.2 Å². The lowest BCUT2D eigenvalue weighted by molar-refractivity contribution is -0.139. The minimum atomic E-state index is -4.21. The molecule has 1 N–H and O–H groups in total. The number of carbonyl (C=O) groups excluding carboxylic acids is 2. The summed E-state index contributed by atoms with van der Waals surface area (Å²) in [5.74, 6) is 0.361. The Balaban J connectivity index is 2.09. The molecule has 3 rings (SSSR count). The number of aryl methyl sites for hydroxylation is 1. The van der Waals surface area contributed by atoms with Gasteiger partial charge in [-0.05, 0) is 62.7 Å². The first-order chi connectivity index (χ1) is 19.5. The Morgan fingerprint density at radius 1 is 0.902 bits per heavy atom. The van der Waals surface area contributed by atoms with E-state index in [-0.39, 0.29) is 23.0 Å². The molecule has 0 aromatic heterocycles. The van der Waals surface area contributed by atoms with E-state index in [0.717, 1.165) is 9.87 Å². The zero-order chi connectivity index (χ0) is 30.2. The van der Waals surface area contributed by atoms with Crippen molar-refractivity contribution in [1.29, 1.82) is 0 Å². The van der Waals surface area contributed by atoms with Crippen molar-refractivity contribution in [2.24, 2.45) is 0 Å². The lowest BCUT2D eigenvalue weighted by Crippen LogP contribution is -2.51. The van der Waals surface area contributed by atoms with Crippen molar-refractivity contribution in [3.63, 3.8) is 0 Å². The van der Waals surface area contributed by atoms with Crippen LogP contribution in [-0.4, -0.2) is 65.6 Å². The maximum Gasteiger partial charge on any atom is 0.264 e. The molecular weight excluding hydrogens is 546 g/mol. The molecule has 220 valence electrons. The quantitative estimate of drug-likeness (QED) is 0.326. The van der Waals surface area contributed by atoms with E-state index in [2.05, 4.69) is 5.32 Å². The number of nitrogens with one attached hydrogen (secondary N) is 1. The highest BCUT2D eigenvalue weighted by Gasteiger charge is 2.33. The zero-order valence-corrected chi connectivity index (χ0v) is 25.0. The van der Waals surface area contributed by atoms with Gasteiger partial charge in [0.25, 0.3) is 10.0 Å². The summed E-state index contributed by atoms with van der Waals surface area (Å²) in [6.45, 7) is 5.11. The van der Waals surface area contributed by atoms with Gasteiger partial charge in [-0.1, -0.05) is 29.8 Å². The van der Waals surface area contributed by atoms with Crippen molar-refractivity contribution in [3.05, 3.63) is 77.9 Å². The monoisotopic (exact) mass is 583 g/mol. The number of rotatable bonds is 13. The number of ether oxygens (including phenoxy) is 3. The van der Waals surface area contributed by atoms with E-state index in [1.165, 1.54) is 44.4 Å². The van der Waals surface area contributed by atoms with Gasteiger partial charge in [0.05, 0.1) is 31.9 Å². The maximum absolute atomic E-state index is 14.0. The highest BCUT2D eigenvalue weighted by atomic mass is 32.2. The van der Waals surface area contributed by atoms with Crippen LogP contribution in [0.4, 0.5) is 5.69 Å². The van der Waals surface area contributed by atoms with E-state index in [1.54, 1.807) is 56.3 Å². The van der Waals surface area contributed by atoms with E-state index in [0.29, 0.717) is 29.4 Å². The van der Waals surface area contributed by atoms with Crippen LogP contribution < -0.4 is 23.8 Å². The molecule has 0 spiro atoms. The summed E-state index contributed by atoms with van der Waals surface area (Å²) in [6.07, 6.45) is 0. The molecule has 0 aliphatic rings. The van der Waals surface area contributed by atoms with E-state index in [9.17, 15) is 18.0 Å². The molecule has 2 amide bonds. The molecule has 0 saturated heterocycles. The molecule has 0 radical (unpaired) electrons.